The second-order valence-electron chi connectivity index (χ2n) is 7.20. The number of amides is 1. The van der Waals surface area contributed by atoms with Gasteiger partial charge >= 0.3 is 0 Å². The predicted molar refractivity (Wildman–Crippen MR) is 111 cm³/mol. The van der Waals surface area contributed by atoms with E-state index in [2.05, 4.69) is 20.6 Å². The highest BCUT2D eigenvalue weighted by Gasteiger charge is 2.28. The Kier molecular flexibility index (Phi) is 5.38. The molecule has 1 fully saturated rings. The summed E-state index contributed by atoms with van der Waals surface area (Å²) in [5, 5.41) is 26.7. The summed E-state index contributed by atoms with van der Waals surface area (Å²) in [7, 11) is 0. The molecule has 1 N–H and O–H groups in total. The van der Waals surface area contributed by atoms with E-state index in [1.54, 1.807) is 36.1 Å². The average molecular weight is 407 g/mol. The molecule has 0 bridgehead atoms. The lowest BCUT2D eigenvalue weighted by atomic mass is 9.96. The van der Waals surface area contributed by atoms with Crippen molar-refractivity contribution in [1.82, 2.24) is 20.0 Å². The Hall–Kier alpha value is -3.82. The summed E-state index contributed by atoms with van der Waals surface area (Å²) in [4.78, 5) is 25.7. The van der Waals surface area contributed by atoms with Crippen LogP contribution in [-0.2, 0) is 4.79 Å². The molecule has 1 atom stereocenters. The Morgan fingerprint density at radius 1 is 1.20 bits per heavy atom. The van der Waals surface area contributed by atoms with Crippen LogP contribution in [0.4, 0.5) is 17.2 Å². The van der Waals surface area contributed by atoms with Crippen molar-refractivity contribution in [2.24, 2.45) is 5.92 Å². The molecule has 2 aromatic heterocycles. The number of aromatic nitrogens is 4. The molecule has 10 heteroatoms. The molecule has 1 aliphatic rings. The minimum Gasteiger partial charge on any atom is -0.354 e. The van der Waals surface area contributed by atoms with E-state index in [9.17, 15) is 14.9 Å². The highest BCUT2D eigenvalue weighted by molar-refractivity contribution is 5.96. The SMILES string of the molecule is Cc1cccc([N+](=O)[O-])c1NC(=O)[C@H]1CCCN(c2ccc(-n3cccn3)nn2)C1. The zero-order chi connectivity index (χ0) is 21.1. The fourth-order valence-electron chi connectivity index (χ4n) is 3.60. The van der Waals surface area contributed by atoms with Crippen molar-refractivity contribution in [1.29, 1.82) is 0 Å². The number of anilines is 2. The number of aryl methyl sites for hydroxylation is 1. The van der Waals surface area contributed by atoms with Gasteiger partial charge in [0.25, 0.3) is 5.69 Å². The van der Waals surface area contributed by atoms with Crippen LogP contribution in [0.1, 0.15) is 18.4 Å². The van der Waals surface area contributed by atoms with Gasteiger partial charge < -0.3 is 10.2 Å². The summed E-state index contributed by atoms with van der Waals surface area (Å²) in [6.07, 6.45) is 4.98. The number of hydrogen-bond donors (Lipinski definition) is 1. The largest absolute Gasteiger partial charge is 0.354 e. The zero-order valence-corrected chi connectivity index (χ0v) is 16.4. The van der Waals surface area contributed by atoms with Crippen molar-refractivity contribution in [3.8, 4) is 5.82 Å². The van der Waals surface area contributed by atoms with E-state index in [-0.39, 0.29) is 23.2 Å². The minimum atomic E-state index is -0.480. The van der Waals surface area contributed by atoms with Crippen LogP contribution in [0.2, 0.25) is 0 Å². The lowest BCUT2D eigenvalue weighted by Crippen LogP contribution is -2.41. The van der Waals surface area contributed by atoms with Crippen molar-refractivity contribution in [3.63, 3.8) is 0 Å². The van der Waals surface area contributed by atoms with E-state index in [0.717, 1.165) is 13.0 Å². The van der Waals surface area contributed by atoms with E-state index < -0.39 is 4.92 Å². The molecule has 154 valence electrons. The molecule has 30 heavy (non-hydrogen) atoms. The molecule has 0 unspecified atom stereocenters. The molecule has 0 aliphatic carbocycles. The summed E-state index contributed by atoms with van der Waals surface area (Å²) in [5.41, 5.74) is 0.814. The first-order valence-electron chi connectivity index (χ1n) is 9.66. The van der Waals surface area contributed by atoms with Crippen LogP contribution in [0, 0.1) is 23.0 Å². The lowest BCUT2D eigenvalue weighted by molar-refractivity contribution is -0.384. The number of nitrogens with zero attached hydrogens (tertiary/aromatic N) is 6. The molecule has 0 spiro atoms. The van der Waals surface area contributed by atoms with Crippen LogP contribution in [0.5, 0.6) is 0 Å². The van der Waals surface area contributed by atoms with Crippen molar-refractivity contribution in [2.45, 2.75) is 19.8 Å². The van der Waals surface area contributed by atoms with Crippen molar-refractivity contribution >= 4 is 23.1 Å². The Labute approximate surface area is 172 Å². The number of hydrogen-bond acceptors (Lipinski definition) is 7. The van der Waals surface area contributed by atoms with Gasteiger partial charge in [-0.15, -0.1) is 10.2 Å². The number of carbonyl (C=O) groups is 1. The van der Waals surface area contributed by atoms with E-state index in [0.29, 0.717) is 30.2 Å². The third kappa shape index (κ3) is 3.97. The smallest absolute Gasteiger partial charge is 0.293 e. The summed E-state index contributed by atoms with van der Waals surface area (Å²) in [6, 6.07) is 10.2. The molecular weight excluding hydrogens is 386 g/mol. The molecule has 1 aromatic carbocycles. The molecule has 3 heterocycles. The third-order valence-electron chi connectivity index (χ3n) is 5.19. The van der Waals surface area contributed by atoms with Crippen LogP contribution in [0.15, 0.2) is 48.8 Å². The van der Waals surface area contributed by atoms with Crippen molar-refractivity contribution in [2.75, 3.05) is 23.3 Å². The van der Waals surface area contributed by atoms with Crippen LogP contribution in [0.25, 0.3) is 5.82 Å². The summed E-state index contributed by atoms with van der Waals surface area (Å²) >= 11 is 0. The van der Waals surface area contributed by atoms with Gasteiger partial charge in [0, 0.05) is 31.5 Å². The highest BCUT2D eigenvalue weighted by Crippen LogP contribution is 2.29. The Morgan fingerprint density at radius 3 is 2.70 bits per heavy atom. The van der Waals surface area contributed by atoms with Crippen LogP contribution in [0.3, 0.4) is 0 Å². The summed E-state index contributed by atoms with van der Waals surface area (Å²) in [6.45, 7) is 2.98. The molecule has 10 nitrogen and oxygen atoms in total. The first-order chi connectivity index (χ1) is 14.5. The maximum absolute atomic E-state index is 12.9. The number of nitrogens with one attached hydrogen (secondary N) is 1. The number of nitro benzene ring substituents is 1. The normalized spacial score (nSPS) is 16.3. The molecule has 1 amide bonds. The summed E-state index contributed by atoms with van der Waals surface area (Å²) < 4.78 is 1.62. The van der Waals surface area contributed by atoms with E-state index >= 15 is 0 Å². The molecule has 0 saturated carbocycles. The summed E-state index contributed by atoms with van der Waals surface area (Å²) in [5.74, 6) is 0.774. The average Bonchev–Trinajstić information content (AvgIpc) is 3.30. The minimum absolute atomic E-state index is 0.101. The zero-order valence-electron chi connectivity index (χ0n) is 16.4. The van der Waals surface area contributed by atoms with Gasteiger partial charge in [-0.3, -0.25) is 14.9 Å². The third-order valence-corrected chi connectivity index (χ3v) is 5.19. The predicted octanol–water partition coefficient (Wildman–Crippen LogP) is 2.73. The Bertz CT molecular complexity index is 1050. The lowest BCUT2D eigenvalue weighted by Gasteiger charge is -2.32. The van der Waals surface area contributed by atoms with E-state index in [1.165, 1.54) is 6.07 Å². The number of piperidine rings is 1. The van der Waals surface area contributed by atoms with Crippen molar-refractivity contribution < 1.29 is 9.72 Å². The van der Waals surface area contributed by atoms with E-state index in [1.807, 2.05) is 23.1 Å². The molecule has 4 rings (SSSR count). The van der Waals surface area contributed by atoms with Gasteiger partial charge in [-0.1, -0.05) is 12.1 Å². The number of nitro groups is 1. The molecule has 0 radical (unpaired) electrons. The molecular formula is C20H21N7O3. The van der Waals surface area contributed by atoms with Gasteiger partial charge in [-0.2, -0.15) is 5.10 Å². The van der Waals surface area contributed by atoms with Gasteiger partial charge in [0.1, 0.15) is 5.69 Å². The van der Waals surface area contributed by atoms with Gasteiger partial charge in [0.05, 0.1) is 10.8 Å². The number of carbonyl (C=O) groups excluding carboxylic acids is 1. The number of benzene rings is 1. The molecule has 1 aliphatic heterocycles. The van der Waals surface area contributed by atoms with Crippen LogP contribution in [-0.4, -0.2) is 43.9 Å². The second kappa shape index (κ2) is 8.27. The number of rotatable bonds is 5. The monoisotopic (exact) mass is 407 g/mol. The first kappa shape index (κ1) is 19.5. The molecule has 1 saturated heterocycles. The quantitative estimate of drug-likeness (QED) is 0.510. The fraction of sp³-hybridized carbons (Fsp3) is 0.300. The fourth-order valence-corrected chi connectivity index (χ4v) is 3.60. The second-order valence-corrected chi connectivity index (χ2v) is 7.20. The number of para-hydroxylation sites is 1. The van der Waals surface area contributed by atoms with Crippen LogP contribution < -0.4 is 10.2 Å². The van der Waals surface area contributed by atoms with Gasteiger partial charge in [0.15, 0.2) is 11.6 Å². The van der Waals surface area contributed by atoms with Crippen LogP contribution >= 0.6 is 0 Å². The van der Waals surface area contributed by atoms with Crippen molar-refractivity contribution in [3.05, 3.63) is 64.5 Å². The highest BCUT2D eigenvalue weighted by atomic mass is 16.6. The topological polar surface area (TPSA) is 119 Å². The first-order valence-corrected chi connectivity index (χ1v) is 9.66. The standard InChI is InChI=1S/C20H21N7O3/c1-14-5-2-7-16(27(29)30)19(14)22-20(28)15-6-3-11-25(13-15)17-8-9-18(24-23-17)26-12-4-10-21-26/h2,4-5,7-10,12,15H,3,6,11,13H2,1H3,(H,22,28)/t15-/m0/s1. The van der Waals surface area contributed by atoms with Gasteiger partial charge in [-0.25, -0.2) is 4.68 Å². The van der Waals surface area contributed by atoms with E-state index in [4.69, 9.17) is 0 Å². The Balaban J connectivity index is 1.47. The Morgan fingerprint density at radius 2 is 2.00 bits per heavy atom. The molecule has 3 aromatic rings. The maximum atomic E-state index is 12.9. The van der Waals surface area contributed by atoms with Gasteiger partial charge in [0.2, 0.25) is 5.91 Å². The maximum Gasteiger partial charge on any atom is 0.293 e. The van der Waals surface area contributed by atoms with Gasteiger partial charge in [-0.05, 0) is 43.5 Å².